The first-order valence-electron chi connectivity index (χ1n) is 9.35. The summed E-state index contributed by atoms with van der Waals surface area (Å²) < 4.78 is 0. The topological polar surface area (TPSA) is 61.8 Å². The van der Waals surface area contributed by atoms with Crippen molar-refractivity contribution in [2.75, 3.05) is 18.0 Å². The van der Waals surface area contributed by atoms with E-state index in [-0.39, 0.29) is 11.8 Å². The first-order valence-corrected chi connectivity index (χ1v) is 10.2. The number of amidine groups is 1. The van der Waals surface area contributed by atoms with Gasteiger partial charge in [0, 0.05) is 24.3 Å². The summed E-state index contributed by atoms with van der Waals surface area (Å²) in [5.41, 5.74) is 3.93. The molecule has 2 aromatic carbocycles. The minimum absolute atomic E-state index is 0.231. The first kappa shape index (κ1) is 18.5. The third-order valence-electron chi connectivity index (χ3n) is 4.84. The van der Waals surface area contributed by atoms with Crippen LogP contribution in [0.25, 0.3) is 6.08 Å². The number of thioether (sulfide) groups is 1. The Bertz CT molecular complexity index is 977. The third kappa shape index (κ3) is 4.02. The molecule has 0 aliphatic carbocycles. The molecule has 4 rings (SSSR count). The van der Waals surface area contributed by atoms with Crippen LogP contribution in [0.2, 0.25) is 0 Å². The van der Waals surface area contributed by atoms with Crippen molar-refractivity contribution in [3.63, 3.8) is 0 Å². The van der Waals surface area contributed by atoms with E-state index in [1.165, 1.54) is 35.9 Å². The van der Waals surface area contributed by atoms with Gasteiger partial charge in [0.05, 0.1) is 4.91 Å². The summed E-state index contributed by atoms with van der Waals surface area (Å²) in [4.78, 5) is 31.4. The van der Waals surface area contributed by atoms with Gasteiger partial charge < -0.3 is 10.2 Å². The van der Waals surface area contributed by atoms with Crippen molar-refractivity contribution in [2.24, 2.45) is 4.99 Å². The van der Waals surface area contributed by atoms with Gasteiger partial charge in [-0.05, 0) is 73.0 Å². The fourth-order valence-corrected chi connectivity index (χ4v) is 4.27. The number of rotatable bonds is 3. The van der Waals surface area contributed by atoms with Gasteiger partial charge in [0.1, 0.15) is 0 Å². The van der Waals surface area contributed by atoms with Crippen LogP contribution in [0.4, 0.5) is 5.69 Å². The maximum Gasteiger partial charge on any atom is 0.279 e. The summed E-state index contributed by atoms with van der Waals surface area (Å²) in [5.74, 6) is -0.596. The van der Waals surface area contributed by atoms with Crippen molar-refractivity contribution < 1.29 is 9.59 Å². The van der Waals surface area contributed by atoms with Gasteiger partial charge in [-0.3, -0.25) is 9.59 Å². The van der Waals surface area contributed by atoms with Gasteiger partial charge in [0.15, 0.2) is 5.17 Å². The Hall–Kier alpha value is -2.86. The molecule has 1 N–H and O–H groups in total. The lowest BCUT2D eigenvalue weighted by Crippen LogP contribution is -2.20. The molecule has 2 amide bonds. The van der Waals surface area contributed by atoms with Crippen LogP contribution in [-0.2, 0) is 4.79 Å². The van der Waals surface area contributed by atoms with Crippen LogP contribution in [-0.4, -0.2) is 30.1 Å². The van der Waals surface area contributed by atoms with Gasteiger partial charge >= 0.3 is 0 Å². The summed E-state index contributed by atoms with van der Waals surface area (Å²) in [7, 11) is 0. The largest absolute Gasteiger partial charge is 0.371 e. The minimum Gasteiger partial charge on any atom is -0.371 e. The number of aryl methyl sites for hydroxylation is 1. The molecule has 0 spiro atoms. The molecule has 2 aliphatic rings. The highest BCUT2D eigenvalue weighted by molar-refractivity contribution is 8.18. The van der Waals surface area contributed by atoms with Crippen LogP contribution < -0.4 is 10.2 Å². The van der Waals surface area contributed by atoms with E-state index in [0.717, 1.165) is 18.7 Å². The molecule has 142 valence electrons. The number of carbonyl (C=O) groups excluding carboxylic acids is 2. The zero-order chi connectivity index (χ0) is 19.5. The standard InChI is InChI=1S/C22H21N3O2S/c1-15-13-16(9-10-18(15)25-11-5-6-12-25)14-19-21(27)24-22(28-19)23-20(26)17-7-3-2-4-8-17/h2-4,7-10,13-14H,5-6,11-12H2,1H3,(H,23,24,26,27)/b19-14-. The predicted molar refractivity (Wildman–Crippen MR) is 115 cm³/mol. The summed E-state index contributed by atoms with van der Waals surface area (Å²) in [6, 6.07) is 15.1. The number of hydrogen-bond donors (Lipinski definition) is 1. The van der Waals surface area contributed by atoms with Gasteiger partial charge in [0.25, 0.3) is 11.8 Å². The lowest BCUT2D eigenvalue weighted by molar-refractivity contribution is -0.115. The van der Waals surface area contributed by atoms with Gasteiger partial charge in [-0.15, -0.1) is 0 Å². The van der Waals surface area contributed by atoms with Crippen molar-refractivity contribution in [1.29, 1.82) is 0 Å². The van der Waals surface area contributed by atoms with Crippen molar-refractivity contribution in [3.8, 4) is 0 Å². The van der Waals surface area contributed by atoms with E-state index in [0.29, 0.717) is 15.6 Å². The van der Waals surface area contributed by atoms with Crippen molar-refractivity contribution in [1.82, 2.24) is 5.32 Å². The number of nitrogens with zero attached hydrogens (tertiary/aromatic N) is 2. The molecule has 2 aromatic rings. The lowest BCUT2D eigenvalue weighted by atomic mass is 10.1. The van der Waals surface area contributed by atoms with Gasteiger partial charge in [0.2, 0.25) is 0 Å². The molecule has 0 aromatic heterocycles. The molecule has 0 saturated carbocycles. The molecule has 2 saturated heterocycles. The van der Waals surface area contributed by atoms with E-state index in [1.807, 2.05) is 18.2 Å². The van der Waals surface area contributed by atoms with E-state index >= 15 is 0 Å². The summed E-state index contributed by atoms with van der Waals surface area (Å²) in [6.07, 6.45) is 4.33. The Labute approximate surface area is 168 Å². The molecule has 2 heterocycles. The Morgan fingerprint density at radius 3 is 2.61 bits per heavy atom. The second-order valence-electron chi connectivity index (χ2n) is 6.89. The molecule has 2 aliphatic heterocycles. The average molecular weight is 391 g/mol. The Morgan fingerprint density at radius 2 is 1.89 bits per heavy atom. The molecular weight excluding hydrogens is 370 g/mol. The Balaban J connectivity index is 1.51. The molecule has 0 radical (unpaired) electrons. The number of benzene rings is 2. The highest BCUT2D eigenvalue weighted by Crippen LogP contribution is 2.29. The van der Waals surface area contributed by atoms with E-state index in [4.69, 9.17) is 0 Å². The number of carbonyl (C=O) groups is 2. The number of aliphatic imine (C=N–C) groups is 1. The van der Waals surface area contributed by atoms with Gasteiger partial charge in [-0.25, -0.2) is 0 Å². The highest BCUT2D eigenvalue weighted by Gasteiger charge is 2.25. The SMILES string of the molecule is Cc1cc(/C=C2\SC(=NC(=O)c3ccccc3)NC2=O)ccc1N1CCCC1. The smallest absolute Gasteiger partial charge is 0.279 e. The van der Waals surface area contributed by atoms with E-state index in [9.17, 15) is 9.59 Å². The minimum atomic E-state index is -0.365. The number of nitrogens with one attached hydrogen (secondary N) is 1. The maximum atomic E-state index is 12.3. The van der Waals surface area contributed by atoms with Crippen molar-refractivity contribution in [2.45, 2.75) is 19.8 Å². The second kappa shape index (κ2) is 8.02. The van der Waals surface area contributed by atoms with Gasteiger partial charge in [-0.1, -0.05) is 24.3 Å². The molecule has 0 bridgehead atoms. The number of amides is 2. The summed E-state index contributed by atoms with van der Waals surface area (Å²) in [6.45, 7) is 4.31. The Kier molecular flexibility index (Phi) is 5.30. The maximum absolute atomic E-state index is 12.3. The number of anilines is 1. The molecule has 0 atom stereocenters. The van der Waals surface area contributed by atoms with E-state index in [1.54, 1.807) is 24.3 Å². The van der Waals surface area contributed by atoms with Crippen LogP contribution in [0, 0.1) is 6.92 Å². The van der Waals surface area contributed by atoms with Gasteiger partial charge in [-0.2, -0.15) is 4.99 Å². The molecule has 28 heavy (non-hydrogen) atoms. The molecule has 2 fully saturated rings. The molecular formula is C22H21N3O2S. The van der Waals surface area contributed by atoms with Crippen LogP contribution in [0.1, 0.15) is 34.3 Å². The molecule has 0 unspecified atom stereocenters. The summed E-state index contributed by atoms with van der Waals surface area (Å²) >= 11 is 1.19. The monoisotopic (exact) mass is 391 g/mol. The quantitative estimate of drug-likeness (QED) is 0.804. The zero-order valence-electron chi connectivity index (χ0n) is 15.6. The fourth-order valence-electron chi connectivity index (χ4n) is 3.45. The zero-order valence-corrected chi connectivity index (χ0v) is 16.5. The van der Waals surface area contributed by atoms with Crippen LogP contribution in [0.3, 0.4) is 0 Å². The van der Waals surface area contributed by atoms with Crippen LogP contribution in [0.5, 0.6) is 0 Å². The lowest BCUT2D eigenvalue weighted by Gasteiger charge is -2.20. The van der Waals surface area contributed by atoms with E-state index in [2.05, 4.69) is 34.3 Å². The predicted octanol–water partition coefficient (Wildman–Crippen LogP) is 4.00. The second-order valence-corrected chi connectivity index (χ2v) is 7.92. The molecule has 5 nitrogen and oxygen atoms in total. The van der Waals surface area contributed by atoms with E-state index < -0.39 is 0 Å². The molecule has 6 heteroatoms. The highest BCUT2D eigenvalue weighted by atomic mass is 32.2. The third-order valence-corrected chi connectivity index (χ3v) is 5.75. The van der Waals surface area contributed by atoms with Crippen molar-refractivity contribution in [3.05, 3.63) is 70.1 Å². The first-order chi connectivity index (χ1) is 13.6. The summed E-state index contributed by atoms with van der Waals surface area (Å²) in [5, 5.41) is 2.99. The van der Waals surface area contributed by atoms with Crippen LogP contribution >= 0.6 is 11.8 Å². The van der Waals surface area contributed by atoms with Crippen molar-refractivity contribution >= 4 is 40.5 Å². The normalized spacial score (nSPS) is 19.5. The number of hydrogen-bond acceptors (Lipinski definition) is 4. The van der Waals surface area contributed by atoms with Crippen LogP contribution in [0.15, 0.2) is 58.4 Å². The Morgan fingerprint density at radius 1 is 1.14 bits per heavy atom. The fraction of sp³-hybridized carbons (Fsp3) is 0.227. The average Bonchev–Trinajstić information content (AvgIpc) is 3.33.